The summed E-state index contributed by atoms with van der Waals surface area (Å²) >= 11 is 5.83. The first-order chi connectivity index (χ1) is 12.0. The van der Waals surface area contributed by atoms with Crippen LogP contribution in [0.5, 0.6) is 0 Å². The monoisotopic (exact) mass is 359 g/mol. The number of nitrogens with zero attached hydrogens (tertiary/aromatic N) is 5. The molecule has 25 heavy (non-hydrogen) atoms. The number of aryl methyl sites for hydroxylation is 1. The van der Waals surface area contributed by atoms with Gasteiger partial charge in [-0.2, -0.15) is 0 Å². The molecule has 0 saturated carbocycles. The molecule has 3 rings (SSSR count). The van der Waals surface area contributed by atoms with Crippen LogP contribution in [0.3, 0.4) is 0 Å². The molecule has 0 unspecified atom stereocenters. The van der Waals surface area contributed by atoms with E-state index in [1.165, 1.54) is 0 Å². The van der Waals surface area contributed by atoms with Gasteiger partial charge in [0.05, 0.1) is 10.8 Å². The zero-order chi connectivity index (χ0) is 18.0. The van der Waals surface area contributed by atoms with Crippen LogP contribution in [0.1, 0.15) is 12.5 Å². The van der Waals surface area contributed by atoms with Crippen LogP contribution < -0.4 is 5.49 Å². The molecule has 0 atom stereocenters. The number of halogens is 1. The molecule has 2 aromatic carbocycles. The van der Waals surface area contributed by atoms with E-state index in [1.54, 1.807) is 36.4 Å². The highest BCUT2D eigenvalue weighted by Crippen LogP contribution is 2.15. The Hall–Kier alpha value is -3.13. The minimum Gasteiger partial charge on any atom is -0.409 e. The van der Waals surface area contributed by atoms with Crippen molar-refractivity contribution in [1.29, 1.82) is 0 Å². The number of benzene rings is 2. The van der Waals surface area contributed by atoms with Crippen LogP contribution in [-0.4, -0.2) is 24.9 Å². The summed E-state index contributed by atoms with van der Waals surface area (Å²) in [6.45, 7) is 2.02. The summed E-state index contributed by atoms with van der Waals surface area (Å²) in [4.78, 5) is 16.3. The SMILES string of the molecule is CCc1ccc(N=c2c([N+](=O)[O-])nn(-c3ccc(Cl)cc3)n2O)cc1. The van der Waals surface area contributed by atoms with Crippen LogP contribution in [0.15, 0.2) is 53.5 Å². The second-order valence-electron chi connectivity index (χ2n) is 5.19. The summed E-state index contributed by atoms with van der Waals surface area (Å²) in [5.74, 6) is -0.558. The van der Waals surface area contributed by atoms with E-state index in [4.69, 9.17) is 11.6 Å². The first-order valence-corrected chi connectivity index (χ1v) is 7.83. The molecule has 0 spiro atoms. The lowest BCUT2D eigenvalue weighted by Crippen LogP contribution is -2.22. The van der Waals surface area contributed by atoms with Gasteiger partial charge < -0.3 is 15.3 Å². The summed E-state index contributed by atoms with van der Waals surface area (Å²) < 4.78 is 0. The molecule has 1 heterocycles. The molecule has 0 radical (unpaired) electrons. The van der Waals surface area contributed by atoms with E-state index >= 15 is 0 Å². The van der Waals surface area contributed by atoms with Crippen molar-refractivity contribution in [3.63, 3.8) is 0 Å². The van der Waals surface area contributed by atoms with E-state index in [9.17, 15) is 15.3 Å². The third kappa shape index (κ3) is 3.38. The quantitative estimate of drug-likeness (QED) is 0.439. The summed E-state index contributed by atoms with van der Waals surface area (Å²) in [7, 11) is 0. The van der Waals surface area contributed by atoms with Crippen LogP contribution in [0.2, 0.25) is 5.02 Å². The van der Waals surface area contributed by atoms with Crippen molar-refractivity contribution in [2.75, 3.05) is 0 Å². The van der Waals surface area contributed by atoms with Gasteiger partial charge in [-0.05, 0) is 58.1 Å². The Balaban J connectivity index is 2.16. The third-order valence-corrected chi connectivity index (χ3v) is 3.82. The standard InChI is InChI=1S/C16H14ClN5O3/c1-2-11-3-7-13(8-4-11)18-15-16(22(24)25)19-20(21(15)23)14-9-5-12(17)6-10-14/h3-10,23H,2H2,1H3. The Morgan fingerprint density at radius 3 is 2.40 bits per heavy atom. The second kappa shape index (κ2) is 6.78. The largest absolute Gasteiger partial charge is 0.438 e. The average Bonchev–Trinajstić information content (AvgIpc) is 2.93. The zero-order valence-corrected chi connectivity index (χ0v) is 14.0. The Morgan fingerprint density at radius 1 is 1.20 bits per heavy atom. The van der Waals surface area contributed by atoms with Crippen molar-refractivity contribution in [1.82, 2.24) is 14.7 Å². The first kappa shape index (κ1) is 16.7. The molecule has 0 fully saturated rings. The highest BCUT2D eigenvalue weighted by molar-refractivity contribution is 6.30. The fourth-order valence-electron chi connectivity index (χ4n) is 2.24. The minimum atomic E-state index is -0.696. The maximum absolute atomic E-state index is 11.3. The van der Waals surface area contributed by atoms with Crippen LogP contribution in [0.25, 0.3) is 5.69 Å². The van der Waals surface area contributed by atoms with E-state index < -0.39 is 10.7 Å². The lowest BCUT2D eigenvalue weighted by Gasteiger charge is -2.00. The second-order valence-corrected chi connectivity index (χ2v) is 5.63. The number of hydrogen-bond donors (Lipinski definition) is 1. The molecular weight excluding hydrogens is 346 g/mol. The predicted molar refractivity (Wildman–Crippen MR) is 91.4 cm³/mol. The maximum atomic E-state index is 11.3. The van der Waals surface area contributed by atoms with E-state index in [2.05, 4.69) is 10.1 Å². The number of rotatable bonds is 4. The topological polar surface area (TPSA) is 98.5 Å². The molecule has 0 aliphatic rings. The molecule has 0 aliphatic carbocycles. The molecule has 9 heteroatoms. The fraction of sp³-hybridized carbons (Fsp3) is 0.125. The average molecular weight is 360 g/mol. The van der Waals surface area contributed by atoms with Gasteiger partial charge in [0.25, 0.3) is 5.49 Å². The van der Waals surface area contributed by atoms with E-state index in [-0.39, 0.29) is 5.49 Å². The lowest BCUT2D eigenvalue weighted by molar-refractivity contribution is -0.391. The zero-order valence-electron chi connectivity index (χ0n) is 13.2. The van der Waals surface area contributed by atoms with Gasteiger partial charge in [-0.1, -0.05) is 35.5 Å². The molecule has 3 aromatic rings. The molecule has 1 N–H and O–H groups in total. The highest BCUT2D eigenvalue weighted by Gasteiger charge is 2.24. The van der Waals surface area contributed by atoms with E-state index in [1.807, 2.05) is 19.1 Å². The van der Waals surface area contributed by atoms with Gasteiger partial charge in [-0.25, -0.2) is 4.99 Å². The van der Waals surface area contributed by atoms with Gasteiger partial charge in [-0.15, -0.1) is 0 Å². The van der Waals surface area contributed by atoms with Crippen molar-refractivity contribution >= 4 is 23.1 Å². The van der Waals surface area contributed by atoms with Crippen molar-refractivity contribution in [2.45, 2.75) is 13.3 Å². The molecule has 0 aliphatic heterocycles. The van der Waals surface area contributed by atoms with Gasteiger partial charge in [0.15, 0.2) is 0 Å². The number of aromatic nitrogens is 3. The summed E-state index contributed by atoms with van der Waals surface area (Å²) in [5, 5.41) is 25.9. The van der Waals surface area contributed by atoms with Gasteiger partial charge >= 0.3 is 5.82 Å². The van der Waals surface area contributed by atoms with Crippen molar-refractivity contribution < 1.29 is 10.1 Å². The van der Waals surface area contributed by atoms with Gasteiger partial charge in [0.1, 0.15) is 5.69 Å². The molecule has 8 nitrogen and oxygen atoms in total. The Morgan fingerprint density at radius 2 is 1.84 bits per heavy atom. The molecule has 0 saturated heterocycles. The van der Waals surface area contributed by atoms with Gasteiger partial charge in [0, 0.05) is 5.02 Å². The molecule has 0 bridgehead atoms. The van der Waals surface area contributed by atoms with Crippen molar-refractivity contribution in [3.05, 3.63) is 74.7 Å². The van der Waals surface area contributed by atoms with Crippen molar-refractivity contribution in [2.24, 2.45) is 4.99 Å². The molecule has 1 aromatic heterocycles. The smallest absolute Gasteiger partial charge is 0.409 e. The Labute approximate surface area is 147 Å². The van der Waals surface area contributed by atoms with Crippen LogP contribution in [-0.2, 0) is 6.42 Å². The van der Waals surface area contributed by atoms with Crippen LogP contribution in [0, 0.1) is 10.1 Å². The Bertz CT molecular complexity index is 974. The summed E-state index contributed by atoms with van der Waals surface area (Å²) in [5.41, 5.74) is 1.71. The van der Waals surface area contributed by atoms with E-state index in [0.29, 0.717) is 21.2 Å². The maximum Gasteiger partial charge on any atom is 0.438 e. The minimum absolute atomic E-state index is 0.274. The first-order valence-electron chi connectivity index (χ1n) is 7.45. The molecule has 0 amide bonds. The predicted octanol–water partition coefficient (Wildman–Crippen LogP) is 3.27. The summed E-state index contributed by atoms with van der Waals surface area (Å²) in [6.07, 6.45) is 0.870. The molecular formula is C16H14ClN5O3. The summed E-state index contributed by atoms with van der Waals surface area (Å²) in [6, 6.07) is 13.5. The number of nitro groups is 1. The lowest BCUT2D eigenvalue weighted by atomic mass is 10.2. The van der Waals surface area contributed by atoms with Gasteiger partial charge in [-0.3, -0.25) is 0 Å². The normalized spacial score (nSPS) is 11.7. The number of hydrogen-bond acceptors (Lipinski definition) is 5. The van der Waals surface area contributed by atoms with Gasteiger partial charge in [0.2, 0.25) is 0 Å². The highest BCUT2D eigenvalue weighted by atomic mass is 35.5. The van der Waals surface area contributed by atoms with Crippen LogP contribution >= 0.6 is 11.6 Å². The fourth-order valence-corrected chi connectivity index (χ4v) is 2.36. The molecule has 128 valence electrons. The van der Waals surface area contributed by atoms with Crippen LogP contribution in [0.4, 0.5) is 11.5 Å². The van der Waals surface area contributed by atoms with Crippen molar-refractivity contribution in [3.8, 4) is 5.69 Å². The third-order valence-electron chi connectivity index (χ3n) is 3.57. The van der Waals surface area contributed by atoms with E-state index in [0.717, 1.165) is 16.8 Å². The Kier molecular flexibility index (Phi) is 4.53.